The van der Waals surface area contributed by atoms with Crippen LogP contribution in [0.15, 0.2) is 24.3 Å². The van der Waals surface area contributed by atoms with Crippen LogP contribution in [0.1, 0.15) is 64.2 Å². The summed E-state index contributed by atoms with van der Waals surface area (Å²) in [6.07, 6.45) is 10.6. The van der Waals surface area contributed by atoms with Crippen LogP contribution in [0.3, 0.4) is 0 Å². The second-order valence-corrected chi connectivity index (χ2v) is 10.7. The van der Waals surface area contributed by atoms with Crippen LogP contribution in [-0.4, -0.2) is 11.8 Å². The minimum atomic E-state index is -0.323. The maximum absolute atomic E-state index is 13.2. The van der Waals surface area contributed by atoms with Gasteiger partial charge in [-0.3, -0.25) is 9.59 Å². The van der Waals surface area contributed by atoms with Gasteiger partial charge in [-0.1, -0.05) is 12.8 Å². The van der Waals surface area contributed by atoms with Crippen molar-refractivity contribution >= 4 is 17.5 Å². The van der Waals surface area contributed by atoms with Crippen LogP contribution in [0.4, 0.5) is 10.1 Å². The zero-order valence-corrected chi connectivity index (χ0v) is 17.6. The van der Waals surface area contributed by atoms with Crippen molar-refractivity contribution in [3.05, 3.63) is 30.1 Å². The fourth-order valence-corrected chi connectivity index (χ4v) is 8.15. The zero-order chi connectivity index (χ0) is 20.9. The van der Waals surface area contributed by atoms with Gasteiger partial charge in [0.2, 0.25) is 11.8 Å². The van der Waals surface area contributed by atoms with Gasteiger partial charge in [-0.2, -0.15) is 0 Å². The second-order valence-electron chi connectivity index (χ2n) is 10.7. The van der Waals surface area contributed by atoms with E-state index in [1.165, 1.54) is 44.2 Å². The number of carbonyl (C=O) groups excluding carboxylic acids is 2. The Morgan fingerprint density at radius 3 is 2.10 bits per heavy atom. The molecule has 30 heavy (non-hydrogen) atoms. The molecule has 2 amide bonds. The van der Waals surface area contributed by atoms with Crippen molar-refractivity contribution in [1.29, 1.82) is 0 Å². The molecule has 1 aromatic rings. The Labute approximate surface area is 178 Å². The molecule has 3 N–H and O–H groups in total. The van der Waals surface area contributed by atoms with E-state index in [9.17, 15) is 14.0 Å². The average molecular weight is 413 g/mol. The molecule has 5 fully saturated rings. The summed E-state index contributed by atoms with van der Waals surface area (Å²) in [5.74, 6) is 2.46. The van der Waals surface area contributed by atoms with Gasteiger partial charge in [0.15, 0.2) is 0 Å². The number of nitrogens with two attached hydrogens (primary N) is 1. The molecule has 4 nitrogen and oxygen atoms in total. The lowest BCUT2D eigenvalue weighted by molar-refractivity contribution is -0.144. The number of primary amides is 1. The van der Waals surface area contributed by atoms with E-state index in [2.05, 4.69) is 5.32 Å². The number of nitrogens with one attached hydrogen (secondary N) is 1. The van der Waals surface area contributed by atoms with Crippen LogP contribution in [0.5, 0.6) is 0 Å². The predicted octanol–water partition coefficient (Wildman–Crippen LogP) is 4.89. The number of benzene rings is 1. The Bertz CT molecular complexity index is 787. The summed E-state index contributed by atoms with van der Waals surface area (Å²) in [6, 6.07) is 5.86. The van der Waals surface area contributed by atoms with E-state index in [4.69, 9.17) is 5.73 Å². The number of anilines is 1. The van der Waals surface area contributed by atoms with Crippen LogP contribution in [0, 0.1) is 46.7 Å². The maximum Gasteiger partial charge on any atom is 0.224 e. The van der Waals surface area contributed by atoms with E-state index in [-0.39, 0.29) is 29.0 Å². The van der Waals surface area contributed by atoms with E-state index in [1.807, 2.05) is 0 Å². The quantitative estimate of drug-likeness (QED) is 0.698. The predicted molar refractivity (Wildman–Crippen MR) is 114 cm³/mol. The minimum Gasteiger partial charge on any atom is -0.369 e. The van der Waals surface area contributed by atoms with Gasteiger partial charge in [0.05, 0.1) is 0 Å². The molecule has 1 unspecified atom stereocenters. The van der Waals surface area contributed by atoms with E-state index >= 15 is 0 Å². The number of hydrogen-bond donors (Lipinski definition) is 2. The van der Waals surface area contributed by atoms with Crippen molar-refractivity contribution in [2.45, 2.75) is 64.2 Å². The first-order chi connectivity index (χ1) is 14.4. The van der Waals surface area contributed by atoms with Gasteiger partial charge in [-0.15, -0.1) is 0 Å². The molecule has 4 bridgehead atoms. The highest BCUT2D eigenvalue weighted by Crippen LogP contribution is 2.62. The van der Waals surface area contributed by atoms with Gasteiger partial charge in [-0.05, 0) is 104 Å². The molecule has 5 saturated carbocycles. The lowest BCUT2D eigenvalue weighted by Crippen LogP contribution is -2.54. The molecule has 0 saturated heterocycles. The molecule has 5 aliphatic carbocycles. The first-order valence-corrected chi connectivity index (χ1v) is 11.8. The monoisotopic (exact) mass is 412 g/mol. The van der Waals surface area contributed by atoms with Crippen LogP contribution in [0.25, 0.3) is 0 Å². The highest BCUT2D eigenvalue weighted by molar-refractivity contribution is 5.92. The molecule has 6 rings (SSSR count). The average Bonchev–Trinajstić information content (AvgIpc) is 3.14. The molecule has 0 spiro atoms. The summed E-state index contributed by atoms with van der Waals surface area (Å²) in [5.41, 5.74) is 6.39. The van der Waals surface area contributed by atoms with E-state index in [1.54, 1.807) is 12.1 Å². The summed E-state index contributed by atoms with van der Waals surface area (Å²) in [7, 11) is 0. The van der Waals surface area contributed by atoms with Crippen LogP contribution in [-0.2, 0) is 9.59 Å². The molecule has 0 radical (unpaired) electrons. The summed E-state index contributed by atoms with van der Waals surface area (Å²) in [5, 5.41) is 2.92. The van der Waals surface area contributed by atoms with Crippen molar-refractivity contribution in [3.8, 4) is 0 Å². The summed E-state index contributed by atoms with van der Waals surface area (Å²) < 4.78 is 13.2. The molecule has 0 aliphatic heterocycles. The molecule has 0 aromatic heterocycles. The maximum atomic E-state index is 13.2. The van der Waals surface area contributed by atoms with E-state index in [0.29, 0.717) is 29.9 Å². The lowest BCUT2D eigenvalue weighted by atomic mass is 9.46. The molecule has 162 valence electrons. The van der Waals surface area contributed by atoms with Crippen molar-refractivity contribution in [2.24, 2.45) is 46.7 Å². The first kappa shape index (κ1) is 20.0. The largest absolute Gasteiger partial charge is 0.369 e. The van der Waals surface area contributed by atoms with E-state index in [0.717, 1.165) is 37.5 Å². The van der Waals surface area contributed by atoms with Gasteiger partial charge in [0, 0.05) is 18.0 Å². The van der Waals surface area contributed by atoms with Crippen molar-refractivity contribution in [3.63, 3.8) is 0 Å². The normalized spacial score (nSPS) is 34.6. The van der Waals surface area contributed by atoms with Gasteiger partial charge in [0.1, 0.15) is 5.82 Å². The third-order valence-electron chi connectivity index (χ3n) is 8.89. The van der Waals surface area contributed by atoms with Gasteiger partial charge in [0.25, 0.3) is 0 Å². The number of halogens is 1. The van der Waals surface area contributed by atoms with Gasteiger partial charge < -0.3 is 11.1 Å². The topological polar surface area (TPSA) is 72.2 Å². The second kappa shape index (κ2) is 7.65. The molecule has 5 heteroatoms. The number of carbonyl (C=O) groups is 2. The van der Waals surface area contributed by atoms with Crippen LogP contribution < -0.4 is 11.1 Å². The Kier molecular flexibility index (Phi) is 5.11. The number of amides is 2. The summed E-state index contributed by atoms with van der Waals surface area (Å²) in [6.45, 7) is 0. The highest BCUT2D eigenvalue weighted by Gasteiger charge is 2.57. The standard InChI is InChI=1S/C25H33FN2O2/c26-19-3-5-20(6-4-19)28-21(29)14-25(7-1-2-8-25)23(24(27)30)22-17-10-15-9-16(12-17)13-18(22)11-15/h3-6,15-18,22-23H,1-2,7-14H2,(H2,27,30)(H,28,29). The van der Waals surface area contributed by atoms with Crippen molar-refractivity contribution < 1.29 is 14.0 Å². The number of rotatable bonds is 6. The third kappa shape index (κ3) is 3.54. The van der Waals surface area contributed by atoms with Crippen molar-refractivity contribution in [1.82, 2.24) is 0 Å². The zero-order valence-electron chi connectivity index (χ0n) is 17.6. The summed E-state index contributed by atoms with van der Waals surface area (Å²) >= 11 is 0. The lowest BCUT2D eigenvalue weighted by Gasteiger charge is -2.58. The Hall–Kier alpha value is -1.91. The minimum absolute atomic E-state index is 0.0847. The van der Waals surface area contributed by atoms with Gasteiger partial charge >= 0.3 is 0 Å². The molecule has 1 aromatic carbocycles. The molecular weight excluding hydrogens is 379 g/mol. The highest BCUT2D eigenvalue weighted by atomic mass is 19.1. The molecule has 1 atom stereocenters. The van der Waals surface area contributed by atoms with Crippen LogP contribution in [0.2, 0.25) is 0 Å². The fourth-order valence-electron chi connectivity index (χ4n) is 8.15. The molecular formula is C25H33FN2O2. The van der Waals surface area contributed by atoms with Gasteiger partial charge in [-0.25, -0.2) is 4.39 Å². The first-order valence-electron chi connectivity index (χ1n) is 11.8. The van der Waals surface area contributed by atoms with Crippen molar-refractivity contribution in [2.75, 3.05) is 5.32 Å². The fraction of sp³-hybridized carbons (Fsp3) is 0.680. The molecule has 5 aliphatic rings. The Balaban J connectivity index is 1.39. The number of hydrogen-bond acceptors (Lipinski definition) is 2. The Morgan fingerprint density at radius 2 is 1.57 bits per heavy atom. The SMILES string of the molecule is NC(=O)C(C1C2CC3CC(C2)CC1C3)C1(CC(=O)Nc2ccc(F)cc2)CCCC1. The Morgan fingerprint density at radius 1 is 1.00 bits per heavy atom. The van der Waals surface area contributed by atoms with E-state index < -0.39 is 0 Å². The van der Waals surface area contributed by atoms with Crippen LogP contribution >= 0.6 is 0 Å². The smallest absolute Gasteiger partial charge is 0.224 e. The summed E-state index contributed by atoms with van der Waals surface area (Å²) in [4.78, 5) is 26.0. The molecule has 0 heterocycles. The third-order valence-corrected chi connectivity index (χ3v) is 8.89.